The van der Waals surface area contributed by atoms with Gasteiger partial charge in [-0.1, -0.05) is 12.1 Å². The number of hydrogen-bond acceptors (Lipinski definition) is 5. The molecule has 0 heterocycles. The summed E-state index contributed by atoms with van der Waals surface area (Å²) >= 11 is 0. The van der Waals surface area contributed by atoms with Crippen molar-refractivity contribution in [3.8, 4) is 5.75 Å². The number of carbonyl (C=O) groups excluding carboxylic acids is 1. The normalized spacial score (nSPS) is 10.5. The Morgan fingerprint density at radius 3 is 2.36 bits per heavy atom. The summed E-state index contributed by atoms with van der Waals surface area (Å²) in [5.74, 6) is -1.55. The van der Waals surface area contributed by atoms with Gasteiger partial charge in [0.05, 0.1) is 16.9 Å². The molecule has 7 heteroatoms. The maximum Gasteiger partial charge on any atom is 0.322 e. The highest BCUT2D eigenvalue weighted by Crippen LogP contribution is 2.23. The topological polar surface area (TPSA) is 111 Å². The number of amides is 1. The minimum atomic E-state index is -1.13. The lowest BCUT2D eigenvalue weighted by molar-refractivity contribution is -0.135. The van der Waals surface area contributed by atoms with Crippen molar-refractivity contribution in [3.05, 3.63) is 54.1 Å². The minimum absolute atomic E-state index is 0.118. The number of hydrogen-bond donors (Lipinski definition) is 3. The van der Waals surface area contributed by atoms with E-state index in [1.54, 1.807) is 30.3 Å². The van der Waals surface area contributed by atoms with E-state index < -0.39 is 18.4 Å². The highest BCUT2D eigenvalue weighted by Gasteiger charge is 2.11. The third-order valence-corrected chi connectivity index (χ3v) is 2.67. The van der Waals surface area contributed by atoms with Gasteiger partial charge in [0.15, 0.2) is 0 Å². The number of azo groups is 1. The predicted octanol–water partition coefficient (Wildman–Crippen LogP) is 2.62. The largest absolute Gasteiger partial charge is 0.508 e. The molecule has 0 atom stereocenters. The van der Waals surface area contributed by atoms with Gasteiger partial charge in [0.25, 0.3) is 5.91 Å². The van der Waals surface area contributed by atoms with E-state index in [4.69, 9.17) is 5.11 Å². The molecule has 0 aliphatic heterocycles. The van der Waals surface area contributed by atoms with Crippen LogP contribution in [0.2, 0.25) is 0 Å². The Bertz CT molecular complexity index is 711. The van der Waals surface area contributed by atoms with Gasteiger partial charge in [0.2, 0.25) is 0 Å². The highest BCUT2D eigenvalue weighted by atomic mass is 16.4. The van der Waals surface area contributed by atoms with Gasteiger partial charge >= 0.3 is 5.97 Å². The Balaban J connectivity index is 2.19. The molecule has 2 aromatic carbocycles. The summed E-state index contributed by atoms with van der Waals surface area (Å²) in [5.41, 5.74) is 1.06. The number of aliphatic carboxylic acids is 1. The van der Waals surface area contributed by atoms with E-state index in [1.807, 2.05) is 0 Å². The van der Waals surface area contributed by atoms with E-state index in [2.05, 4.69) is 15.5 Å². The Hall–Kier alpha value is -3.22. The summed E-state index contributed by atoms with van der Waals surface area (Å²) in [7, 11) is 0. The van der Waals surface area contributed by atoms with Gasteiger partial charge in [-0.3, -0.25) is 9.59 Å². The van der Waals surface area contributed by atoms with Crippen molar-refractivity contribution in [2.24, 2.45) is 10.2 Å². The van der Waals surface area contributed by atoms with Crippen molar-refractivity contribution in [1.82, 2.24) is 5.32 Å². The molecule has 7 nitrogen and oxygen atoms in total. The Labute approximate surface area is 125 Å². The van der Waals surface area contributed by atoms with Gasteiger partial charge in [-0.25, -0.2) is 0 Å². The number of nitrogens with zero attached hydrogens (tertiary/aromatic N) is 2. The van der Waals surface area contributed by atoms with Gasteiger partial charge < -0.3 is 15.5 Å². The fourth-order valence-electron chi connectivity index (χ4n) is 1.63. The lowest BCUT2D eigenvalue weighted by atomic mass is 10.1. The molecule has 0 aromatic heterocycles. The van der Waals surface area contributed by atoms with Gasteiger partial charge in [-0.2, -0.15) is 5.11 Å². The zero-order valence-electron chi connectivity index (χ0n) is 11.4. The van der Waals surface area contributed by atoms with Crippen molar-refractivity contribution < 1.29 is 19.8 Å². The minimum Gasteiger partial charge on any atom is -0.508 e. The zero-order chi connectivity index (χ0) is 15.9. The summed E-state index contributed by atoms with van der Waals surface area (Å²) in [5, 5.41) is 28.0. The standard InChI is InChI=1S/C15H13N3O4/c19-11-7-5-10(6-8-11)17-18-13-4-2-1-3-12(13)15(22)16-9-14(20)21/h1-8,19H,9H2,(H,16,22)(H,20,21)/b18-17+. The highest BCUT2D eigenvalue weighted by molar-refractivity contribution is 6.00. The molecule has 0 unspecified atom stereocenters. The van der Waals surface area contributed by atoms with Gasteiger partial charge in [-0.15, -0.1) is 5.11 Å². The third-order valence-electron chi connectivity index (χ3n) is 2.67. The number of carboxylic acid groups (broad SMARTS) is 1. The maximum absolute atomic E-state index is 11.9. The second-order valence-electron chi connectivity index (χ2n) is 4.31. The summed E-state index contributed by atoms with van der Waals surface area (Å²) in [6, 6.07) is 12.6. The first-order chi connectivity index (χ1) is 10.6. The molecule has 0 bridgehead atoms. The van der Waals surface area contributed by atoms with E-state index in [0.717, 1.165) is 0 Å². The van der Waals surface area contributed by atoms with Crippen LogP contribution in [0.4, 0.5) is 11.4 Å². The van der Waals surface area contributed by atoms with Crippen molar-refractivity contribution in [1.29, 1.82) is 0 Å². The van der Waals surface area contributed by atoms with Crippen LogP contribution in [0, 0.1) is 0 Å². The molecular weight excluding hydrogens is 286 g/mol. The first-order valence-electron chi connectivity index (χ1n) is 6.36. The fourth-order valence-corrected chi connectivity index (χ4v) is 1.63. The van der Waals surface area contributed by atoms with Crippen LogP contribution >= 0.6 is 0 Å². The molecule has 0 aliphatic rings. The van der Waals surface area contributed by atoms with Crippen LogP contribution in [0.1, 0.15) is 10.4 Å². The molecule has 0 aliphatic carbocycles. The van der Waals surface area contributed by atoms with E-state index in [-0.39, 0.29) is 11.3 Å². The van der Waals surface area contributed by atoms with Gasteiger partial charge in [0.1, 0.15) is 12.3 Å². The molecule has 112 valence electrons. The van der Waals surface area contributed by atoms with Crippen LogP contribution in [-0.2, 0) is 4.79 Å². The smallest absolute Gasteiger partial charge is 0.322 e. The first-order valence-corrected chi connectivity index (χ1v) is 6.36. The quantitative estimate of drug-likeness (QED) is 0.737. The number of phenols is 1. The monoisotopic (exact) mass is 299 g/mol. The summed E-state index contributed by atoms with van der Waals surface area (Å²) in [6.45, 7) is -0.470. The SMILES string of the molecule is O=C(O)CNC(=O)c1ccccc1/N=N/c1ccc(O)cc1. The summed E-state index contributed by atoms with van der Waals surface area (Å²) < 4.78 is 0. The molecule has 0 spiro atoms. The predicted molar refractivity (Wildman–Crippen MR) is 78.7 cm³/mol. The van der Waals surface area contributed by atoms with Gasteiger partial charge in [-0.05, 0) is 36.4 Å². The van der Waals surface area contributed by atoms with Crippen LogP contribution < -0.4 is 5.32 Å². The molecule has 0 saturated heterocycles. The Kier molecular flexibility index (Phi) is 4.81. The first kappa shape index (κ1) is 15.2. The molecule has 2 rings (SSSR count). The Morgan fingerprint density at radius 1 is 1.00 bits per heavy atom. The second kappa shape index (κ2) is 6.98. The van der Waals surface area contributed by atoms with Crippen LogP contribution in [-0.4, -0.2) is 28.6 Å². The summed E-state index contributed by atoms with van der Waals surface area (Å²) in [6.07, 6.45) is 0. The van der Waals surface area contributed by atoms with Crippen LogP contribution in [0.5, 0.6) is 5.75 Å². The lowest BCUT2D eigenvalue weighted by Gasteiger charge is -2.04. The fraction of sp³-hybridized carbons (Fsp3) is 0.0667. The zero-order valence-corrected chi connectivity index (χ0v) is 11.4. The number of carboxylic acids is 1. The van der Waals surface area contributed by atoms with E-state index >= 15 is 0 Å². The summed E-state index contributed by atoms with van der Waals surface area (Å²) in [4.78, 5) is 22.4. The van der Waals surface area contributed by atoms with Crippen molar-refractivity contribution in [3.63, 3.8) is 0 Å². The number of benzene rings is 2. The average Bonchev–Trinajstić information content (AvgIpc) is 2.52. The lowest BCUT2D eigenvalue weighted by Crippen LogP contribution is -2.29. The number of aromatic hydroxyl groups is 1. The number of nitrogens with one attached hydrogen (secondary N) is 1. The second-order valence-corrected chi connectivity index (χ2v) is 4.31. The van der Waals surface area contributed by atoms with Crippen LogP contribution in [0.15, 0.2) is 58.8 Å². The molecule has 0 fully saturated rings. The molecule has 0 radical (unpaired) electrons. The van der Waals surface area contributed by atoms with Crippen molar-refractivity contribution >= 4 is 23.3 Å². The molecular formula is C15H13N3O4. The molecule has 22 heavy (non-hydrogen) atoms. The van der Waals surface area contributed by atoms with E-state index in [1.165, 1.54) is 18.2 Å². The Morgan fingerprint density at radius 2 is 1.68 bits per heavy atom. The number of rotatable bonds is 5. The van der Waals surface area contributed by atoms with Crippen LogP contribution in [0.25, 0.3) is 0 Å². The maximum atomic E-state index is 11.9. The average molecular weight is 299 g/mol. The molecule has 0 saturated carbocycles. The van der Waals surface area contributed by atoms with Crippen molar-refractivity contribution in [2.75, 3.05) is 6.54 Å². The van der Waals surface area contributed by atoms with Gasteiger partial charge in [0, 0.05) is 0 Å². The van der Waals surface area contributed by atoms with E-state index in [0.29, 0.717) is 11.4 Å². The van der Waals surface area contributed by atoms with E-state index in [9.17, 15) is 14.7 Å². The number of carbonyl (C=O) groups is 2. The molecule has 1 amide bonds. The molecule has 3 N–H and O–H groups in total. The number of phenolic OH excluding ortho intramolecular Hbond substituents is 1. The van der Waals surface area contributed by atoms with Crippen LogP contribution in [0.3, 0.4) is 0 Å². The van der Waals surface area contributed by atoms with Crippen molar-refractivity contribution in [2.45, 2.75) is 0 Å². The molecule has 2 aromatic rings. The third kappa shape index (κ3) is 4.14.